The number of carbonyl (C=O) groups is 2. The van der Waals surface area contributed by atoms with Crippen LogP contribution in [0, 0.1) is 11.3 Å². The fourth-order valence-corrected chi connectivity index (χ4v) is 3.18. The van der Waals surface area contributed by atoms with Gasteiger partial charge in [-0.3, -0.25) is 9.69 Å². The quantitative estimate of drug-likeness (QED) is 0.890. The van der Waals surface area contributed by atoms with Crippen molar-refractivity contribution < 1.29 is 19.1 Å². The Bertz CT molecular complexity index is 951. The Balaban J connectivity index is 1.58. The topological polar surface area (TPSA) is 105 Å². The van der Waals surface area contributed by atoms with Gasteiger partial charge in [-0.05, 0) is 29.8 Å². The molecule has 1 saturated heterocycles. The van der Waals surface area contributed by atoms with Gasteiger partial charge < -0.3 is 14.8 Å². The van der Waals surface area contributed by atoms with Gasteiger partial charge in [-0.2, -0.15) is 5.26 Å². The van der Waals surface area contributed by atoms with E-state index in [-0.39, 0.29) is 12.5 Å². The summed E-state index contributed by atoms with van der Waals surface area (Å²) in [5.74, 6) is 0.481. The van der Waals surface area contributed by atoms with E-state index in [0.29, 0.717) is 18.0 Å². The zero-order valence-corrected chi connectivity index (χ0v) is 14.5. The second-order valence-electron chi connectivity index (χ2n) is 6.36. The molecule has 8 heteroatoms. The molecule has 0 bridgehead atoms. The Morgan fingerprint density at radius 3 is 2.85 bits per heavy atom. The molecule has 1 fully saturated rings. The van der Waals surface area contributed by atoms with Crippen molar-refractivity contribution in [3.05, 3.63) is 47.8 Å². The first-order valence-corrected chi connectivity index (χ1v) is 8.43. The minimum Gasteiger partial charge on any atom is -0.466 e. The molecule has 136 valence electrons. The molecule has 0 unspecified atom stereocenters. The van der Waals surface area contributed by atoms with Gasteiger partial charge in [-0.15, -0.1) is 0 Å². The molecule has 4 rings (SSSR count). The molecule has 0 radical (unpaired) electrons. The van der Waals surface area contributed by atoms with Crippen LogP contribution in [0.4, 0.5) is 4.79 Å². The van der Waals surface area contributed by atoms with E-state index in [4.69, 9.17) is 14.7 Å². The number of benzene rings is 1. The number of aromatic nitrogens is 1. The van der Waals surface area contributed by atoms with E-state index in [9.17, 15) is 9.59 Å². The van der Waals surface area contributed by atoms with Crippen molar-refractivity contribution in [3.8, 4) is 22.9 Å². The van der Waals surface area contributed by atoms with Gasteiger partial charge in [-0.1, -0.05) is 6.07 Å². The van der Waals surface area contributed by atoms with Crippen molar-refractivity contribution >= 4 is 12.0 Å². The number of nitriles is 1. The van der Waals surface area contributed by atoms with Gasteiger partial charge >= 0.3 is 6.09 Å². The van der Waals surface area contributed by atoms with Crippen molar-refractivity contribution in [2.24, 2.45) is 0 Å². The standard InChI is InChI=1S/C19H16N4O4/c1-11(24)21-9-17-18-23(19(25)27-17)10-14-6-12(3-5-16(14)26-18)13-2-4-15(7-20)22-8-13/h2-6,8,17-18H,9-10H2,1H3,(H,21,24)/t17-,18-/m0/s1. The van der Waals surface area contributed by atoms with Gasteiger partial charge in [0.1, 0.15) is 17.5 Å². The Kier molecular flexibility index (Phi) is 4.12. The highest BCUT2D eigenvalue weighted by Gasteiger charge is 2.46. The van der Waals surface area contributed by atoms with Gasteiger partial charge in [-0.25, -0.2) is 9.78 Å². The molecule has 27 heavy (non-hydrogen) atoms. The number of nitrogens with zero attached hydrogens (tertiary/aromatic N) is 3. The van der Waals surface area contributed by atoms with Crippen LogP contribution in [0.3, 0.4) is 0 Å². The lowest BCUT2D eigenvalue weighted by Crippen LogP contribution is -2.47. The average molecular weight is 364 g/mol. The van der Waals surface area contributed by atoms with Gasteiger partial charge in [0, 0.05) is 24.2 Å². The molecular formula is C19H16N4O4. The van der Waals surface area contributed by atoms with Gasteiger partial charge in [0.05, 0.1) is 13.1 Å². The Hall–Kier alpha value is -3.60. The summed E-state index contributed by atoms with van der Waals surface area (Å²) in [6, 6.07) is 11.2. The molecule has 0 saturated carbocycles. The summed E-state index contributed by atoms with van der Waals surface area (Å²) in [5, 5.41) is 11.5. The largest absolute Gasteiger partial charge is 0.466 e. The predicted octanol–water partition coefficient (Wildman–Crippen LogP) is 1.80. The number of hydrogen-bond donors (Lipinski definition) is 1. The Morgan fingerprint density at radius 1 is 1.33 bits per heavy atom. The fraction of sp³-hybridized carbons (Fsp3) is 0.263. The number of hydrogen-bond acceptors (Lipinski definition) is 6. The molecule has 1 aromatic carbocycles. The molecule has 1 N–H and O–H groups in total. The van der Waals surface area contributed by atoms with Gasteiger partial charge in [0.2, 0.25) is 12.1 Å². The molecule has 2 aromatic rings. The first-order chi connectivity index (χ1) is 13.0. The first kappa shape index (κ1) is 16.8. The third-order valence-electron chi connectivity index (χ3n) is 4.52. The van der Waals surface area contributed by atoms with E-state index in [2.05, 4.69) is 10.3 Å². The zero-order chi connectivity index (χ0) is 19.0. The fourth-order valence-electron chi connectivity index (χ4n) is 3.18. The predicted molar refractivity (Wildman–Crippen MR) is 93.3 cm³/mol. The zero-order valence-electron chi connectivity index (χ0n) is 14.5. The van der Waals surface area contributed by atoms with Crippen molar-refractivity contribution in [2.45, 2.75) is 25.8 Å². The summed E-state index contributed by atoms with van der Waals surface area (Å²) in [5.41, 5.74) is 2.99. The van der Waals surface area contributed by atoms with Gasteiger partial charge in [0.25, 0.3) is 0 Å². The van der Waals surface area contributed by atoms with Crippen LogP contribution in [0.25, 0.3) is 11.1 Å². The van der Waals surface area contributed by atoms with Crippen LogP contribution >= 0.6 is 0 Å². The van der Waals surface area contributed by atoms with Crippen LogP contribution in [0.2, 0.25) is 0 Å². The summed E-state index contributed by atoms with van der Waals surface area (Å²) < 4.78 is 11.3. The number of nitrogens with one attached hydrogen (secondary N) is 1. The lowest BCUT2D eigenvalue weighted by molar-refractivity contribution is -0.119. The number of ether oxygens (including phenoxy) is 2. The molecule has 2 amide bonds. The van der Waals surface area contributed by atoms with Crippen LogP contribution in [-0.2, 0) is 16.1 Å². The van der Waals surface area contributed by atoms with Crippen molar-refractivity contribution in [1.82, 2.24) is 15.2 Å². The molecule has 0 spiro atoms. The van der Waals surface area contributed by atoms with Crippen LogP contribution in [0.1, 0.15) is 18.2 Å². The van der Waals surface area contributed by atoms with Crippen molar-refractivity contribution in [1.29, 1.82) is 5.26 Å². The van der Waals surface area contributed by atoms with E-state index in [1.165, 1.54) is 11.8 Å². The average Bonchev–Trinajstić information content (AvgIpc) is 2.99. The van der Waals surface area contributed by atoms with Crippen LogP contribution in [0.15, 0.2) is 36.5 Å². The SMILES string of the molecule is CC(=O)NC[C@@H]1OC(=O)N2Cc3cc(-c4ccc(C#N)nc4)ccc3O[C@@H]12. The highest BCUT2D eigenvalue weighted by Crippen LogP contribution is 2.36. The Labute approximate surface area is 155 Å². The molecular weight excluding hydrogens is 348 g/mol. The van der Waals surface area contributed by atoms with E-state index in [1.807, 2.05) is 30.3 Å². The molecule has 0 aliphatic carbocycles. The van der Waals surface area contributed by atoms with Crippen molar-refractivity contribution in [3.63, 3.8) is 0 Å². The van der Waals surface area contributed by atoms with E-state index in [1.54, 1.807) is 12.3 Å². The lowest BCUT2D eigenvalue weighted by atomic mass is 10.0. The molecule has 1 aromatic heterocycles. The molecule has 3 heterocycles. The summed E-state index contributed by atoms with van der Waals surface area (Å²) in [7, 11) is 0. The minimum absolute atomic E-state index is 0.193. The van der Waals surface area contributed by atoms with Crippen molar-refractivity contribution in [2.75, 3.05) is 6.54 Å². The molecule has 2 aliphatic rings. The monoisotopic (exact) mass is 364 g/mol. The second kappa shape index (κ2) is 6.61. The molecule has 2 aliphatic heterocycles. The highest BCUT2D eigenvalue weighted by molar-refractivity contribution is 5.74. The third-order valence-corrected chi connectivity index (χ3v) is 4.52. The first-order valence-electron chi connectivity index (χ1n) is 8.43. The van der Waals surface area contributed by atoms with E-state index >= 15 is 0 Å². The lowest BCUT2D eigenvalue weighted by Gasteiger charge is -2.31. The smallest absolute Gasteiger partial charge is 0.413 e. The van der Waals surface area contributed by atoms with E-state index in [0.717, 1.165) is 16.7 Å². The normalized spacial score (nSPS) is 20.0. The number of cyclic esters (lactones) is 1. The van der Waals surface area contributed by atoms with Crippen LogP contribution < -0.4 is 10.1 Å². The van der Waals surface area contributed by atoms with E-state index < -0.39 is 18.4 Å². The number of fused-ring (bicyclic) bond motifs is 2. The Morgan fingerprint density at radius 2 is 2.15 bits per heavy atom. The molecule has 8 nitrogen and oxygen atoms in total. The maximum Gasteiger partial charge on any atom is 0.413 e. The highest BCUT2D eigenvalue weighted by atomic mass is 16.6. The number of rotatable bonds is 3. The third kappa shape index (κ3) is 3.15. The summed E-state index contributed by atoms with van der Waals surface area (Å²) in [4.78, 5) is 28.9. The summed E-state index contributed by atoms with van der Waals surface area (Å²) >= 11 is 0. The summed E-state index contributed by atoms with van der Waals surface area (Å²) in [6.45, 7) is 1.96. The number of amides is 2. The second-order valence-corrected chi connectivity index (χ2v) is 6.36. The van der Waals surface area contributed by atoms with Gasteiger partial charge in [0.15, 0.2) is 6.10 Å². The van der Waals surface area contributed by atoms with Crippen LogP contribution in [0.5, 0.6) is 5.75 Å². The summed E-state index contributed by atoms with van der Waals surface area (Å²) in [6.07, 6.45) is 0.0445. The number of carbonyl (C=O) groups excluding carboxylic acids is 2. The molecule has 2 atom stereocenters. The number of pyridine rings is 1. The maximum absolute atomic E-state index is 12.2. The minimum atomic E-state index is -0.570. The maximum atomic E-state index is 12.2. The van der Waals surface area contributed by atoms with Crippen LogP contribution in [-0.4, -0.2) is 40.8 Å².